The van der Waals surface area contributed by atoms with Crippen molar-refractivity contribution in [2.75, 3.05) is 0 Å². The largest absolute Gasteiger partial charge is 0.332 e. The molecule has 0 saturated heterocycles. The molecule has 0 aliphatic heterocycles. The fourth-order valence-electron chi connectivity index (χ4n) is 3.00. The van der Waals surface area contributed by atoms with Crippen LogP contribution >= 0.6 is 0 Å². The minimum absolute atomic E-state index is 0.0269. The lowest BCUT2D eigenvalue weighted by Gasteiger charge is -2.17. The van der Waals surface area contributed by atoms with Gasteiger partial charge in [-0.15, -0.1) is 5.10 Å². The van der Waals surface area contributed by atoms with E-state index in [2.05, 4.69) is 20.5 Å². The lowest BCUT2D eigenvalue weighted by molar-refractivity contribution is -0.384. The number of aromatic nitrogens is 5. The number of nitrogens with zero attached hydrogens (tertiary/aromatic N) is 6. The Morgan fingerprint density at radius 1 is 1.32 bits per heavy atom. The maximum atomic E-state index is 10.9. The summed E-state index contributed by atoms with van der Waals surface area (Å²) in [7, 11) is 0. The highest BCUT2D eigenvalue weighted by Gasteiger charge is 2.36. The van der Waals surface area contributed by atoms with Gasteiger partial charge in [-0.1, -0.05) is 29.3 Å². The van der Waals surface area contributed by atoms with E-state index in [1.54, 1.807) is 18.3 Å². The molecule has 10 heteroatoms. The fraction of sp³-hybridized carbons (Fsp3) is 0.333. The molecule has 4 rings (SSSR count). The third-order valence-corrected chi connectivity index (χ3v) is 4.38. The topological polar surface area (TPSA) is 139 Å². The highest BCUT2D eigenvalue weighted by atomic mass is 16.6. The van der Waals surface area contributed by atoms with Crippen LogP contribution in [0.5, 0.6) is 0 Å². The van der Waals surface area contributed by atoms with E-state index in [-0.39, 0.29) is 11.6 Å². The molecule has 2 aromatic heterocycles. The Hall–Kier alpha value is -3.14. The van der Waals surface area contributed by atoms with E-state index in [0.717, 1.165) is 25.7 Å². The molecule has 3 aromatic rings. The van der Waals surface area contributed by atoms with Crippen LogP contribution in [0.4, 0.5) is 5.69 Å². The minimum atomic E-state index is -0.544. The second-order valence-corrected chi connectivity index (χ2v) is 6.11. The molecule has 10 nitrogen and oxygen atoms in total. The van der Waals surface area contributed by atoms with E-state index in [9.17, 15) is 10.1 Å². The highest BCUT2D eigenvalue weighted by Crippen LogP contribution is 2.35. The fourth-order valence-corrected chi connectivity index (χ4v) is 3.00. The zero-order valence-electron chi connectivity index (χ0n) is 13.2. The number of hydrogen-bond donors (Lipinski definition) is 1. The number of rotatable bonds is 4. The molecule has 0 atom stereocenters. The number of nitro groups is 1. The molecule has 0 radical (unpaired) electrons. The molecule has 25 heavy (non-hydrogen) atoms. The van der Waals surface area contributed by atoms with Crippen molar-refractivity contribution in [3.63, 3.8) is 0 Å². The van der Waals surface area contributed by atoms with Crippen molar-refractivity contribution in [1.29, 1.82) is 0 Å². The summed E-state index contributed by atoms with van der Waals surface area (Å²) in [6, 6.07) is 6.09. The molecule has 1 fully saturated rings. The van der Waals surface area contributed by atoms with Crippen LogP contribution in [-0.2, 0) is 5.54 Å². The predicted molar refractivity (Wildman–Crippen MR) is 85.6 cm³/mol. The molecule has 2 heterocycles. The van der Waals surface area contributed by atoms with Crippen LogP contribution in [0.3, 0.4) is 0 Å². The van der Waals surface area contributed by atoms with E-state index >= 15 is 0 Å². The van der Waals surface area contributed by atoms with Crippen LogP contribution in [0.2, 0.25) is 0 Å². The predicted octanol–water partition coefficient (Wildman–Crippen LogP) is 1.95. The Morgan fingerprint density at radius 2 is 2.12 bits per heavy atom. The molecule has 128 valence electrons. The van der Waals surface area contributed by atoms with Crippen molar-refractivity contribution in [3.05, 3.63) is 46.4 Å². The third-order valence-electron chi connectivity index (χ3n) is 4.38. The molecule has 1 saturated carbocycles. The molecule has 1 aliphatic carbocycles. The van der Waals surface area contributed by atoms with E-state index in [0.29, 0.717) is 17.2 Å². The Balaban J connectivity index is 1.63. The van der Waals surface area contributed by atoms with Crippen molar-refractivity contribution >= 4 is 5.69 Å². The van der Waals surface area contributed by atoms with Gasteiger partial charge in [0.05, 0.1) is 22.3 Å². The van der Waals surface area contributed by atoms with Crippen molar-refractivity contribution in [1.82, 2.24) is 25.1 Å². The van der Waals surface area contributed by atoms with Gasteiger partial charge < -0.3 is 10.3 Å². The van der Waals surface area contributed by atoms with Gasteiger partial charge in [-0.3, -0.25) is 10.1 Å². The SMILES string of the molecule is NC1(c2noc(-c3cn(-c4cccc([N+](=O)[O-])c4)nn3)n2)CCCC1. The number of benzene rings is 1. The van der Waals surface area contributed by atoms with Gasteiger partial charge in [0.2, 0.25) is 0 Å². The summed E-state index contributed by atoms with van der Waals surface area (Å²) in [5.74, 6) is 0.702. The maximum Gasteiger partial charge on any atom is 0.280 e. The summed E-state index contributed by atoms with van der Waals surface area (Å²) in [6.07, 6.45) is 5.32. The van der Waals surface area contributed by atoms with E-state index in [1.807, 2.05) is 0 Å². The Bertz CT molecular complexity index is 927. The Kier molecular flexibility index (Phi) is 3.53. The van der Waals surface area contributed by atoms with Gasteiger partial charge in [-0.05, 0) is 18.9 Å². The molecule has 0 spiro atoms. The van der Waals surface area contributed by atoms with Crippen molar-refractivity contribution in [2.24, 2.45) is 5.73 Å². The van der Waals surface area contributed by atoms with Crippen LogP contribution in [0.25, 0.3) is 17.3 Å². The Labute approximate surface area is 141 Å². The molecule has 1 aromatic carbocycles. The van der Waals surface area contributed by atoms with E-state index < -0.39 is 10.5 Å². The molecule has 0 bridgehead atoms. The van der Waals surface area contributed by atoms with Crippen LogP contribution in [0.1, 0.15) is 31.5 Å². The lowest BCUT2D eigenvalue weighted by Crippen LogP contribution is -2.34. The van der Waals surface area contributed by atoms with Gasteiger partial charge in [-0.2, -0.15) is 4.98 Å². The van der Waals surface area contributed by atoms with Crippen LogP contribution < -0.4 is 5.73 Å². The Morgan fingerprint density at radius 3 is 2.88 bits per heavy atom. The molecule has 0 amide bonds. The van der Waals surface area contributed by atoms with Gasteiger partial charge in [-0.25, -0.2) is 4.68 Å². The lowest BCUT2D eigenvalue weighted by atomic mass is 9.99. The molecule has 0 unspecified atom stereocenters. The van der Waals surface area contributed by atoms with Crippen LogP contribution in [0, 0.1) is 10.1 Å². The molecule has 2 N–H and O–H groups in total. The average Bonchev–Trinajstić information content (AvgIpc) is 3.35. The van der Waals surface area contributed by atoms with Crippen molar-refractivity contribution < 1.29 is 9.45 Å². The van der Waals surface area contributed by atoms with Gasteiger partial charge in [0.15, 0.2) is 11.5 Å². The standard InChI is InChI=1S/C15H15N7O3/c16-15(6-1-2-7-15)14-17-13(25-19-14)12-9-21(20-18-12)10-4-3-5-11(8-10)22(23)24/h3-5,8-9H,1-2,6-7,16H2. The first-order chi connectivity index (χ1) is 12.0. The monoisotopic (exact) mass is 341 g/mol. The zero-order valence-corrected chi connectivity index (χ0v) is 13.2. The molecular weight excluding hydrogens is 326 g/mol. The van der Waals surface area contributed by atoms with Gasteiger partial charge in [0, 0.05) is 12.1 Å². The third kappa shape index (κ3) is 2.76. The first kappa shape index (κ1) is 15.4. The summed E-state index contributed by atoms with van der Waals surface area (Å²) in [5, 5.41) is 22.9. The summed E-state index contributed by atoms with van der Waals surface area (Å²) in [5.41, 5.74) is 6.65. The smallest absolute Gasteiger partial charge is 0.280 e. The van der Waals surface area contributed by atoms with Crippen molar-refractivity contribution in [2.45, 2.75) is 31.2 Å². The summed E-state index contributed by atoms with van der Waals surface area (Å²) < 4.78 is 6.69. The first-order valence-corrected chi connectivity index (χ1v) is 7.86. The average molecular weight is 341 g/mol. The summed E-state index contributed by atoms with van der Waals surface area (Å²) >= 11 is 0. The summed E-state index contributed by atoms with van der Waals surface area (Å²) in [4.78, 5) is 14.8. The maximum absolute atomic E-state index is 10.9. The van der Waals surface area contributed by atoms with Crippen molar-refractivity contribution in [3.8, 4) is 17.3 Å². The van der Waals surface area contributed by atoms with Crippen LogP contribution in [0.15, 0.2) is 35.0 Å². The van der Waals surface area contributed by atoms with Gasteiger partial charge >= 0.3 is 0 Å². The van der Waals surface area contributed by atoms with E-state index in [4.69, 9.17) is 10.3 Å². The second-order valence-electron chi connectivity index (χ2n) is 6.11. The molecule has 1 aliphatic rings. The number of hydrogen-bond acceptors (Lipinski definition) is 8. The number of non-ortho nitro benzene ring substituents is 1. The van der Waals surface area contributed by atoms with Crippen LogP contribution in [-0.4, -0.2) is 30.1 Å². The quantitative estimate of drug-likeness (QED) is 0.561. The molecular formula is C15H15N7O3. The normalized spacial score (nSPS) is 16.2. The van der Waals surface area contributed by atoms with Gasteiger partial charge in [0.1, 0.15) is 0 Å². The first-order valence-electron chi connectivity index (χ1n) is 7.86. The highest BCUT2D eigenvalue weighted by molar-refractivity contribution is 5.48. The second kappa shape index (κ2) is 5.74. The summed E-state index contributed by atoms with van der Waals surface area (Å²) in [6.45, 7) is 0. The number of nitro benzene ring substituents is 1. The van der Waals surface area contributed by atoms with E-state index in [1.165, 1.54) is 16.8 Å². The zero-order chi connectivity index (χ0) is 17.4. The van der Waals surface area contributed by atoms with Gasteiger partial charge in [0.25, 0.3) is 11.6 Å². The minimum Gasteiger partial charge on any atom is -0.332 e. The number of nitrogens with two attached hydrogens (primary N) is 1.